The highest BCUT2D eigenvalue weighted by atomic mass is 14.4. The zero-order chi connectivity index (χ0) is 21.7. The van der Waals surface area contributed by atoms with Crippen LogP contribution in [-0.4, -0.2) is 0 Å². The Morgan fingerprint density at radius 3 is 2.43 bits per heavy atom. The molecule has 0 radical (unpaired) electrons. The quantitative estimate of drug-likeness (QED) is 0.392. The molecule has 0 spiro atoms. The summed E-state index contributed by atoms with van der Waals surface area (Å²) in [6.45, 7) is 19.1. The first-order valence-electron chi connectivity index (χ1n) is 11.4. The lowest BCUT2D eigenvalue weighted by Crippen LogP contribution is -2.23. The lowest BCUT2D eigenvalue weighted by molar-refractivity contribution is 0.477. The minimum atomic E-state index is 0.340. The molecule has 156 valence electrons. The average Bonchev–Trinajstić information content (AvgIpc) is 2.76. The number of benzene rings is 2. The Morgan fingerprint density at radius 2 is 1.83 bits per heavy atom. The molecule has 0 heterocycles. The third-order valence-electron chi connectivity index (χ3n) is 6.50. The first kappa shape index (κ1) is 22.1. The van der Waals surface area contributed by atoms with Gasteiger partial charge in [0.2, 0.25) is 0 Å². The van der Waals surface area contributed by atoms with Crippen LogP contribution in [0.1, 0.15) is 79.7 Å². The van der Waals surface area contributed by atoms with Gasteiger partial charge in [0.1, 0.15) is 0 Å². The van der Waals surface area contributed by atoms with Gasteiger partial charge >= 0.3 is 0 Å². The van der Waals surface area contributed by atoms with Gasteiger partial charge in [0, 0.05) is 5.92 Å². The van der Waals surface area contributed by atoms with Crippen LogP contribution in [0.3, 0.4) is 0 Å². The molecule has 3 rings (SSSR count). The molecule has 0 nitrogen and oxygen atoms in total. The van der Waals surface area contributed by atoms with Crippen LogP contribution < -0.4 is 0 Å². The molecule has 0 saturated carbocycles. The molecule has 0 heteroatoms. The normalized spacial score (nSPS) is 18.7. The molecule has 1 aliphatic rings. The van der Waals surface area contributed by atoms with E-state index in [1.165, 1.54) is 39.0 Å². The van der Waals surface area contributed by atoms with Crippen molar-refractivity contribution in [2.24, 2.45) is 5.92 Å². The number of fused-ring (bicyclic) bond motifs is 1. The van der Waals surface area contributed by atoms with E-state index in [-0.39, 0.29) is 0 Å². The fourth-order valence-corrected chi connectivity index (χ4v) is 4.82. The molecule has 2 aromatic carbocycles. The predicted octanol–water partition coefficient (Wildman–Crippen LogP) is 8.62. The van der Waals surface area contributed by atoms with Crippen LogP contribution in [-0.2, 0) is 6.42 Å². The summed E-state index contributed by atoms with van der Waals surface area (Å²) >= 11 is 0. The van der Waals surface area contributed by atoms with Gasteiger partial charge in [-0.15, -0.1) is 0 Å². The van der Waals surface area contributed by atoms with Crippen LogP contribution in [0.5, 0.6) is 0 Å². The monoisotopic (exact) mass is 396 g/mol. The van der Waals surface area contributed by atoms with Crippen molar-refractivity contribution in [2.75, 3.05) is 0 Å². The summed E-state index contributed by atoms with van der Waals surface area (Å²) < 4.78 is 0. The molecule has 0 aromatic heterocycles. The number of hydrogen-bond donors (Lipinski definition) is 0. The minimum absolute atomic E-state index is 0.340. The highest BCUT2D eigenvalue weighted by Gasteiger charge is 2.32. The van der Waals surface area contributed by atoms with E-state index in [9.17, 15) is 0 Å². The molecular formula is C30H36. The third kappa shape index (κ3) is 4.59. The van der Waals surface area contributed by atoms with E-state index < -0.39 is 0 Å². The number of rotatable bonds is 8. The van der Waals surface area contributed by atoms with E-state index in [1.807, 2.05) is 12.2 Å². The largest absolute Gasteiger partial charge is 0.0991 e. The Labute approximate surface area is 183 Å². The summed E-state index contributed by atoms with van der Waals surface area (Å²) in [5.74, 6) is 1.31. The van der Waals surface area contributed by atoms with Crippen molar-refractivity contribution in [1.29, 1.82) is 0 Å². The first-order chi connectivity index (χ1) is 14.5. The van der Waals surface area contributed by atoms with Crippen LogP contribution >= 0.6 is 0 Å². The average molecular weight is 397 g/mol. The molecule has 0 aliphatic heterocycles. The van der Waals surface area contributed by atoms with Gasteiger partial charge in [-0.2, -0.15) is 0 Å². The van der Waals surface area contributed by atoms with Gasteiger partial charge in [-0.1, -0.05) is 108 Å². The smallest absolute Gasteiger partial charge is 0.0161 e. The molecule has 0 saturated heterocycles. The van der Waals surface area contributed by atoms with E-state index in [1.54, 1.807) is 0 Å². The maximum absolute atomic E-state index is 4.31. The van der Waals surface area contributed by atoms with Crippen molar-refractivity contribution in [3.05, 3.63) is 114 Å². The van der Waals surface area contributed by atoms with Gasteiger partial charge in [-0.05, 0) is 70.1 Å². The summed E-state index contributed by atoms with van der Waals surface area (Å²) in [5.41, 5.74) is 9.54. The second-order valence-corrected chi connectivity index (χ2v) is 8.82. The van der Waals surface area contributed by atoms with Crippen LogP contribution in [0.25, 0.3) is 5.57 Å². The van der Waals surface area contributed by atoms with Crippen molar-refractivity contribution in [3.63, 3.8) is 0 Å². The van der Waals surface area contributed by atoms with Gasteiger partial charge in [-0.25, -0.2) is 0 Å². The SMILES string of the molecule is C=C/C=C(\C=C)C1CCc2cc(C(=C)CCC)ccc2C1c1ccc(C(C)C)cc1. The summed E-state index contributed by atoms with van der Waals surface area (Å²) in [6.07, 6.45) is 10.5. The molecule has 1 aliphatic carbocycles. The molecular weight excluding hydrogens is 360 g/mol. The number of aryl methyl sites for hydroxylation is 1. The van der Waals surface area contributed by atoms with Gasteiger partial charge < -0.3 is 0 Å². The standard InChI is InChI=1S/C30H36/c1-7-10-22(6)26-16-18-29-27(20-26)17-19-28(23(9-3)11-8-2)30(29)25-14-12-24(13-15-25)21(4)5/h8-9,11-16,18,20-21,28,30H,2-3,6-7,10,17,19H2,1,4-5H3/b23-11+. The van der Waals surface area contributed by atoms with Gasteiger partial charge in [0.05, 0.1) is 0 Å². The van der Waals surface area contributed by atoms with Crippen LogP contribution in [0.15, 0.2) is 86.0 Å². The molecule has 0 fully saturated rings. The highest BCUT2D eigenvalue weighted by Crippen LogP contribution is 2.45. The molecule has 0 amide bonds. The summed E-state index contributed by atoms with van der Waals surface area (Å²) in [4.78, 5) is 0. The van der Waals surface area contributed by atoms with Crippen molar-refractivity contribution in [1.82, 2.24) is 0 Å². The summed E-state index contributed by atoms with van der Waals surface area (Å²) in [6, 6.07) is 16.3. The Morgan fingerprint density at radius 1 is 1.10 bits per heavy atom. The first-order valence-corrected chi connectivity index (χ1v) is 11.4. The second kappa shape index (κ2) is 9.94. The van der Waals surface area contributed by atoms with E-state index in [0.717, 1.165) is 25.7 Å². The summed E-state index contributed by atoms with van der Waals surface area (Å²) in [5, 5.41) is 0. The van der Waals surface area contributed by atoms with Gasteiger partial charge in [0.25, 0.3) is 0 Å². The zero-order valence-corrected chi connectivity index (χ0v) is 19.0. The van der Waals surface area contributed by atoms with Crippen molar-refractivity contribution in [3.8, 4) is 0 Å². The Bertz CT molecular complexity index is 937. The van der Waals surface area contributed by atoms with Crippen LogP contribution in [0.4, 0.5) is 0 Å². The molecule has 0 N–H and O–H groups in total. The molecule has 0 bridgehead atoms. The Balaban J connectivity index is 2.09. The summed E-state index contributed by atoms with van der Waals surface area (Å²) in [7, 11) is 0. The number of hydrogen-bond acceptors (Lipinski definition) is 0. The topological polar surface area (TPSA) is 0 Å². The molecule has 30 heavy (non-hydrogen) atoms. The van der Waals surface area contributed by atoms with Crippen LogP contribution in [0.2, 0.25) is 0 Å². The van der Waals surface area contributed by atoms with Gasteiger partial charge in [-0.3, -0.25) is 0 Å². The molecule has 2 atom stereocenters. The number of allylic oxidation sites excluding steroid dienone is 5. The maximum atomic E-state index is 4.31. The molecule has 2 unspecified atom stereocenters. The van der Waals surface area contributed by atoms with Gasteiger partial charge in [0.15, 0.2) is 0 Å². The second-order valence-electron chi connectivity index (χ2n) is 8.82. The molecule has 2 aromatic rings. The maximum Gasteiger partial charge on any atom is 0.0161 e. The third-order valence-corrected chi connectivity index (χ3v) is 6.50. The minimum Gasteiger partial charge on any atom is -0.0991 e. The lowest BCUT2D eigenvalue weighted by atomic mass is 9.68. The zero-order valence-electron chi connectivity index (χ0n) is 19.0. The van der Waals surface area contributed by atoms with E-state index >= 15 is 0 Å². The fourth-order valence-electron chi connectivity index (χ4n) is 4.82. The fraction of sp³-hybridized carbons (Fsp3) is 0.333. The van der Waals surface area contributed by atoms with Crippen LogP contribution in [0, 0.1) is 5.92 Å². The Hall–Kier alpha value is -2.60. The van der Waals surface area contributed by atoms with E-state index in [0.29, 0.717) is 17.8 Å². The van der Waals surface area contributed by atoms with E-state index in [2.05, 4.69) is 89.0 Å². The van der Waals surface area contributed by atoms with Crippen molar-refractivity contribution in [2.45, 2.75) is 58.3 Å². The van der Waals surface area contributed by atoms with Crippen molar-refractivity contribution >= 4 is 5.57 Å². The lowest BCUT2D eigenvalue weighted by Gasteiger charge is -2.35. The van der Waals surface area contributed by atoms with Crippen molar-refractivity contribution < 1.29 is 0 Å². The van der Waals surface area contributed by atoms with E-state index in [4.69, 9.17) is 0 Å². The Kier molecular flexibility index (Phi) is 7.32. The predicted molar refractivity (Wildman–Crippen MR) is 133 cm³/mol. The highest BCUT2D eigenvalue weighted by molar-refractivity contribution is 5.65.